The van der Waals surface area contributed by atoms with E-state index in [0.29, 0.717) is 11.4 Å². The maximum Gasteiger partial charge on any atom is 0.411 e. The van der Waals surface area contributed by atoms with Crippen LogP contribution in [0.1, 0.15) is 0 Å². The van der Waals surface area contributed by atoms with Crippen molar-refractivity contribution < 1.29 is 24.5 Å². The quantitative estimate of drug-likeness (QED) is 0.737. The summed E-state index contributed by atoms with van der Waals surface area (Å²) >= 11 is 11.2. The molecular weight excluding hydrogens is 335 g/mol. The minimum atomic E-state index is -1.21. The van der Waals surface area contributed by atoms with Gasteiger partial charge in [-0.1, -0.05) is 0 Å². The fourth-order valence-electron chi connectivity index (χ4n) is 1.88. The van der Waals surface area contributed by atoms with E-state index in [0.717, 1.165) is 9.80 Å². The van der Waals surface area contributed by atoms with E-state index in [1.165, 1.54) is 25.3 Å². The van der Waals surface area contributed by atoms with E-state index in [1.54, 1.807) is 0 Å². The number of carboxylic acid groups (broad SMARTS) is 2. The Morgan fingerprint density at radius 3 is 2.09 bits per heavy atom. The molecule has 0 atom stereocenters. The van der Waals surface area contributed by atoms with Gasteiger partial charge in [-0.2, -0.15) is 0 Å². The Kier molecular flexibility index (Phi) is 7.07. The van der Waals surface area contributed by atoms with Crippen molar-refractivity contribution in [1.29, 1.82) is 0 Å². The lowest BCUT2D eigenvalue weighted by Gasteiger charge is -2.24. The Morgan fingerprint density at radius 2 is 1.64 bits per heavy atom. The third kappa shape index (κ3) is 4.32. The first-order valence-electron chi connectivity index (χ1n) is 6.27. The molecule has 0 aliphatic rings. The van der Waals surface area contributed by atoms with Crippen LogP contribution in [-0.2, 0) is 0 Å². The molecule has 7 nitrogen and oxygen atoms in total. The van der Waals surface area contributed by atoms with Crippen LogP contribution in [0, 0.1) is 0 Å². The van der Waals surface area contributed by atoms with E-state index in [-0.39, 0.29) is 30.5 Å². The lowest BCUT2D eigenvalue weighted by Crippen LogP contribution is -2.33. The lowest BCUT2D eigenvalue weighted by atomic mass is 10.2. The molecule has 0 saturated heterocycles. The summed E-state index contributed by atoms with van der Waals surface area (Å²) in [6.07, 6.45) is -2.40. The zero-order valence-electron chi connectivity index (χ0n) is 11.8. The van der Waals surface area contributed by atoms with E-state index in [2.05, 4.69) is 0 Å². The van der Waals surface area contributed by atoms with Gasteiger partial charge in [0.1, 0.15) is 5.75 Å². The summed E-state index contributed by atoms with van der Waals surface area (Å²) in [6, 6.07) is 4.43. The fourth-order valence-corrected chi connectivity index (χ4v) is 2.22. The van der Waals surface area contributed by atoms with Crippen molar-refractivity contribution in [2.24, 2.45) is 0 Å². The van der Waals surface area contributed by atoms with Gasteiger partial charge in [-0.15, -0.1) is 23.2 Å². The standard InChI is InChI=1S/C13H16Cl2N2O5/c1-22-11-3-2-9(16(6-4-14)12(18)19)8-10(11)17(7-5-15)13(20)21/h2-3,8H,4-7H2,1H3,(H,18,19)(H,20,21). The second-order valence-electron chi connectivity index (χ2n) is 4.10. The summed E-state index contributed by atoms with van der Waals surface area (Å²) in [5.41, 5.74) is 0.513. The molecule has 0 aliphatic carbocycles. The first-order valence-corrected chi connectivity index (χ1v) is 7.34. The molecule has 1 rings (SSSR count). The van der Waals surface area contributed by atoms with Crippen molar-refractivity contribution in [2.75, 3.05) is 41.8 Å². The van der Waals surface area contributed by atoms with E-state index in [4.69, 9.17) is 27.9 Å². The zero-order valence-corrected chi connectivity index (χ0v) is 13.3. The number of anilines is 2. The summed E-state index contributed by atoms with van der Waals surface area (Å²) < 4.78 is 5.14. The second kappa shape index (κ2) is 8.55. The van der Waals surface area contributed by atoms with Gasteiger partial charge in [-0.05, 0) is 18.2 Å². The number of methoxy groups -OCH3 is 1. The van der Waals surface area contributed by atoms with Gasteiger partial charge in [-0.3, -0.25) is 9.80 Å². The number of halogens is 2. The minimum Gasteiger partial charge on any atom is -0.495 e. The molecule has 0 spiro atoms. The van der Waals surface area contributed by atoms with E-state index in [1.807, 2.05) is 0 Å². The molecule has 0 bridgehead atoms. The molecule has 0 heterocycles. The maximum atomic E-state index is 11.4. The summed E-state index contributed by atoms with van der Waals surface area (Å²) in [4.78, 5) is 24.7. The molecule has 0 unspecified atom stereocenters. The molecule has 0 saturated carbocycles. The van der Waals surface area contributed by atoms with Gasteiger partial charge >= 0.3 is 12.2 Å². The first kappa shape index (κ1) is 18.2. The smallest absolute Gasteiger partial charge is 0.411 e. The Labute approximate surface area is 137 Å². The van der Waals surface area contributed by atoms with Crippen LogP contribution in [0.4, 0.5) is 21.0 Å². The second-order valence-corrected chi connectivity index (χ2v) is 4.86. The molecule has 9 heteroatoms. The molecule has 0 aliphatic heterocycles. The lowest BCUT2D eigenvalue weighted by molar-refractivity contribution is 0.201. The Hall–Kier alpha value is -1.86. The van der Waals surface area contributed by atoms with Crippen LogP contribution < -0.4 is 14.5 Å². The normalized spacial score (nSPS) is 10.1. The summed E-state index contributed by atoms with van der Waals surface area (Å²) in [5.74, 6) is 0.495. The molecule has 22 heavy (non-hydrogen) atoms. The van der Waals surface area contributed by atoms with Crippen LogP contribution in [0.3, 0.4) is 0 Å². The van der Waals surface area contributed by atoms with Gasteiger partial charge in [0, 0.05) is 30.5 Å². The third-order valence-electron chi connectivity index (χ3n) is 2.84. The predicted molar refractivity (Wildman–Crippen MR) is 85.2 cm³/mol. The summed E-state index contributed by atoms with van der Waals surface area (Å²) in [6.45, 7) is 0.116. The molecular formula is C13H16Cl2N2O5. The molecule has 0 fully saturated rings. The monoisotopic (exact) mass is 350 g/mol. The van der Waals surface area contributed by atoms with Crippen molar-refractivity contribution in [3.8, 4) is 5.75 Å². The number of hydrogen-bond acceptors (Lipinski definition) is 3. The highest BCUT2D eigenvalue weighted by Gasteiger charge is 2.21. The number of carbonyl (C=O) groups is 2. The number of hydrogen-bond donors (Lipinski definition) is 2. The van der Waals surface area contributed by atoms with Gasteiger partial charge in [0.15, 0.2) is 0 Å². The van der Waals surface area contributed by atoms with Gasteiger partial charge in [0.05, 0.1) is 12.8 Å². The van der Waals surface area contributed by atoms with E-state index < -0.39 is 12.2 Å². The Bertz CT molecular complexity index is 541. The molecule has 0 radical (unpaired) electrons. The van der Waals surface area contributed by atoms with Crippen LogP contribution in [0.2, 0.25) is 0 Å². The van der Waals surface area contributed by atoms with Crippen molar-refractivity contribution in [2.45, 2.75) is 0 Å². The van der Waals surface area contributed by atoms with Crippen molar-refractivity contribution >= 4 is 46.8 Å². The van der Waals surface area contributed by atoms with Crippen LogP contribution in [-0.4, -0.2) is 54.4 Å². The largest absolute Gasteiger partial charge is 0.495 e. The highest BCUT2D eigenvalue weighted by atomic mass is 35.5. The molecule has 1 aromatic rings. The van der Waals surface area contributed by atoms with Gasteiger partial charge < -0.3 is 14.9 Å². The molecule has 1 aromatic carbocycles. The predicted octanol–water partition coefficient (Wildman–Crippen LogP) is 3.14. The van der Waals surface area contributed by atoms with Crippen LogP contribution >= 0.6 is 23.2 Å². The van der Waals surface area contributed by atoms with Crippen LogP contribution in [0.15, 0.2) is 18.2 Å². The van der Waals surface area contributed by atoms with Gasteiger partial charge in [-0.25, -0.2) is 9.59 Å². The average Bonchev–Trinajstić information content (AvgIpc) is 2.49. The number of alkyl halides is 2. The topological polar surface area (TPSA) is 90.3 Å². The third-order valence-corrected chi connectivity index (χ3v) is 3.18. The van der Waals surface area contributed by atoms with Crippen LogP contribution in [0.5, 0.6) is 5.75 Å². The molecule has 0 aromatic heterocycles. The zero-order chi connectivity index (χ0) is 16.7. The average molecular weight is 351 g/mol. The van der Waals surface area contributed by atoms with Crippen molar-refractivity contribution in [3.05, 3.63) is 18.2 Å². The summed E-state index contributed by atoms with van der Waals surface area (Å²) in [5, 5.41) is 18.5. The molecule has 122 valence electrons. The SMILES string of the molecule is COc1ccc(N(CCCl)C(=O)O)cc1N(CCCl)C(=O)O. The highest BCUT2D eigenvalue weighted by Crippen LogP contribution is 2.33. The van der Waals surface area contributed by atoms with Crippen molar-refractivity contribution in [3.63, 3.8) is 0 Å². The Morgan fingerprint density at radius 1 is 1.09 bits per heavy atom. The Balaban J connectivity index is 3.32. The maximum absolute atomic E-state index is 11.4. The van der Waals surface area contributed by atoms with Gasteiger partial charge in [0.25, 0.3) is 0 Å². The summed E-state index contributed by atoms with van der Waals surface area (Å²) in [7, 11) is 1.40. The van der Waals surface area contributed by atoms with E-state index >= 15 is 0 Å². The van der Waals surface area contributed by atoms with Crippen molar-refractivity contribution in [1.82, 2.24) is 0 Å². The number of amides is 2. The highest BCUT2D eigenvalue weighted by molar-refractivity contribution is 6.18. The number of nitrogens with zero attached hydrogens (tertiary/aromatic N) is 2. The molecule has 2 N–H and O–H groups in total. The molecule has 2 amide bonds. The number of rotatable bonds is 7. The number of ether oxygens (including phenoxy) is 1. The fraction of sp³-hybridized carbons (Fsp3) is 0.385. The number of benzene rings is 1. The van der Waals surface area contributed by atoms with Gasteiger partial charge in [0.2, 0.25) is 0 Å². The van der Waals surface area contributed by atoms with Crippen LogP contribution in [0.25, 0.3) is 0 Å². The minimum absolute atomic E-state index is 0.0410. The first-order chi connectivity index (χ1) is 10.5. The van der Waals surface area contributed by atoms with E-state index in [9.17, 15) is 19.8 Å².